The Labute approximate surface area is 163 Å². The zero-order valence-corrected chi connectivity index (χ0v) is 16.0. The maximum Gasteiger partial charge on any atom is 0.234 e. The standard InChI is InChI=1S/C22H22N2O2S/c1-2-16-10-12-18(13-11-16)23-21(25)14-27-15-22(26)24-20-9-5-7-17-6-3-4-8-19(17)20/h3-13H,2,14-15H2,1H3,(H,23,25)(H,24,26). The van der Waals surface area contributed by atoms with Gasteiger partial charge in [0.1, 0.15) is 0 Å². The van der Waals surface area contributed by atoms with Crippen LogP contribution < -0.4 is 10.6 Å². The van der Waals surface area contributed by atoms with E-state index in [1.54, 1.807) is 0 Å². The Hall–Kier alpha value is -2.79. The molecule has 0 aliphatic carbocycles. The number of aryl methyl sites for hydroxylation is 1. The molecule has 0 saturated carbocycles. The van der Waals surface area contributed by atoms with Gasteiger partial charge in [0.25, 0.3) is 0 Å². The minimum atomic E-state index is -0.114. The molecule has 0 saturated heterocycles. The third-order valence-electron chi connectivity index (χ3n) is 4.18. The van der Waals surface area contributed by atoms with Crippen molar-refractivity contribution in [2.45, 2.75) is 13.3 Å². The fourth-order valence-electron chi connectivity index (χ4n) is 2.78. The van der Waals surface area contributed by atoms with E-state index in [0.29, 0.717) is 0 Å². The Balaban J connectivity index is 1.46. The van der Waals surface area contributed by atoms with Crippen LogP contribution in [0.15, 0.2) is 66.7 Å². The predicted octanol–water partition coefficient (Wildman–Crippen LogP) is 4.71. The smallest absolute Gasteiger partial charge is 0.234 e. The number of rotatable bonds is 7. The van der Waals surface area contributed by atoms with Gasteiger partial charge in [-0.15, -0.1) is 11.8 Å². The normalized spacial score (nSPS) is 10.6. The number of hydrogen-bond acceptors (Lipinski definition) is 3. The first kappa shape index (κ1) is 19.0. The van der Waals surface area contributed by atoms with Crippen molar-refractivity contribution in [3.63, 3.8) is 0 Å². The van der Waals surface area contributed by atoms with E-state index in [2.05, 4.69) is 17.6 Å². The lowest BCUT2D eigenvalue weighted by atomic mass is 10.1. The highest BCUT2D eigenvalue weighted by Crippen LogP contribution is 2.23. The third-order valence-corrected chi connectivity index (χ3v) is 5.11. The molecule has 0 atom stereocenters. The van der Waals surface area contributed by atoms with Gasteiger partial charge in [0.2, 0.25) is 11.8 Å². The average molecular weight is 378 g/mol. The van der Waals surface area contributed by atoms with Gasteiger partial charge >= 0.3 is 0 Å². The fourth-order valence-corrected chi connectivity index (χ4v) is 3.40. The van der Waals surface area contributed by atoms with Crippen molar-refractivity contribution in [3.05, 3.63) is 72.3 Å². The molecule has 3 rings (SSSR count). The Morgan fingerprint density at radius 1 is 0.815 bits per heavy atom. The molecule has 3 aromatic carbocycles. The number of hydrogen-bond donors (Lipinski definition) is 2. The molecule has 5 heteroatoms. The van der Waals surface area contributed by atoms with Crippen LogP contribution in [0.1, 0.15) is 12.5 Å². The lowest BCUT2D eigenvalue weighted by molar-refractivity contribution is -0.114. The van der Waals surface area contributed by atoms with E-state index >= 15 is 0 Å². The number of fused-ring (bicyclic) bond motifs is 1. The molecule has 3 aromatic rings. The molecule has 0 radical (unpaired) electrons. The molecular formula is C22H22N2O2S. The minimum absolute atomic E-state index is 0.109. The summed E-state index contributed by atoms with van der Waals surface area (Å²) in [6.07, 6.45) is 0.968. The second-order valence-corrected chi connectivity index (χ2v) is 7.15. The lowest BCUT2D eigenvalue weighted by Gasteiger charge is -2.09. The number of anilines is 2. The van der Waals surface area contributed by atoms with Crippen molar-refractivity contribution in [1.29, 1.82) is 0 Å². The van der Waals surface area contributed by atoms with E-state index in [0.717, 1.165) is 28.6 Å². The van der Waals surface area contributed by atoms with E-state index in [1.165, 1.54) is 17.3 Å². The molecule has 0 aliphatic heterocycles. The highest BCUT2D eigenvalue weighted by molar-refractivity contribution is 8.00. The Morgan fingerprint density at radius 2 is 1.48 bits per heavy atom. The molecule has 0 unspecified atom stereocenters. The molecule has 0 fully saturated rings. The molecule has 27 heavy (non-hydrogen) atoms. The van der Waals surface area contributed by atoms with E-state index in [4.69, 9.17) is 0 Å². The SMILES string of the molecule is CCc1ccc(NC(=O)CSCC(=O)Nc2cccc3ccccc23)cc1. The molecule has 0 heterocycles. The van der Waals surface area contributed by atoms with Crippen LogP contribution in [0.4, 0.5) is 11.4 Å². The maximum absolute atomic E-state index is 12.2. The molecule has 0 spiro atoms. The van der Waals surface area contributed by atoms with Crippen LogP contribution >= 0.6 is 11.8 Å². The van der Waals surface area contributed by atoms with Crippen LogP contribution in [0.3, 0.4) is 0 Å². The van der Waals surface area contributed by atoms with Gasteiger partial charge in [-0.05, 0) is 35.6 Å². The van der Waals surface area contributed by atoms with Crippen molar-refractivity contribution in [1.82, 2.24) is 0 Å². The summed E-state index contributed by atoms with van der Waals surface area (Å²) in [6.45, 7) is 2.09. The van der Waals surface area contributed by atoms with Crippen molar-refractivity contribution in [3.8, 4) is 0 Å². The average Bonchev–Trinajstić information content (AvgIpc) is 2.69. The first-order valence-corrected chi connectivity index (χ1v) is 10.1. The van der Waals surface area contributed by atoms with Crippen LogP contribution in [-0.4, -0.2) is 23.3 Å². The zero-order chi connectivity index (χ0) is 19.1. The van der Waals surface area contributed by atoms with Gasteiger partial charge in [0, 0.05) is 16.8 Å². The number of carbonyl (C=O) groups is 2. The van der Waals surface area contributed by atoms with Crippen LogP contribution in [0.2, 0.25) is 0 Å². The first-order valence-electron chi connectivity index (χ1n) is 8.90. The van der Waals surface area contributed by atoms with Crippen molar-refractivity contribution < 1.29 is 9.59 Å². The summed E-state index contributed by atoms with van der Waals surface area (Å²) in [7, 11) is 0. The highest BCUT2D eigenvalue weighted by Gasteiger charge is 2.08. The molecule has 0 aromatic heterocycles. The largest absolute Gasteiger partial charge is 0.325 e. The molecule has 2 N–H and O–H groups in total. The van der Waals surface area contributed by atoms with Crippen LogP contribution in [0.25, 0.3) is 10.8 Å². The highest BCUT2D eigenvalue weighted by atomic mass is 32.2. The summed E-state index contributed by atoms with van der Waals surface area (Å²) in [5.41, 5.74) is 2.80. The maximum atomic E-state index is 12.2. The van der Waals surface area contributed by atoms with Gasteiger partial charge in [0.05, 0.1) is 11.5 Å². The lowest BCUT2D eigenvalue weighted by Crippen LogP contribution is -2.18. The Morgan fingerprint density at radius 3 is 2.22 bits per heavy atom. The third kappa shape index (κ3) is 5.34. The summed E-state index contributed by atoms with van der Waals surface area (Å²) in [5, 5.41) is 7.87. The van der Waals surface area contributed by atoms with Crippen LogP contribution in [0.5, 0.6) is 0 Å². The van der Waals surface area contributed by atoms with E-state index in [-0.39, 0.29) is 23.3 Å². The monoisotopic (exact) mass is 378 g/mol. The summed E-state index contributed by atoms with van der Waals surface area (Å²) in [4.78, 5) is 24.2. The van der Waals surface area contributed by atoms with Gasteiger partial charge in [-0.1, -0.05) is 55.5 Å². The minimum Gasteiger partial charge on any atom is -0.325 e. The molecular weight excluding hydrogens is 356 g/mol. The van der Waals surface area contributed by atoms with Crippen molar-refractivity contribution in [2.24, 2.45) is 0 Å². The van der Waals surface area contributed by atoms with Gasteiger partial charge in [-0.2, -0.15) is 0 Å². The van der Waals surface area contributed by atoms with Crippen LogP contribution in [-0.2, 0) is 16.0 Å². The Bertz CT molecular complexity index is 933. The second kappa shape index (κ2) is 9.24. The topological polar surface area (TPSA) is 58.2 Å². The van der Waals surface area contributed by atoms with E-state index < -0.39 is 0 Å². The first-order chi connectivity index (χ1) is 13.2. The molecule has 4 nitrogen and oxygen atoms in total. The summed E-state index contributed by atoms with van der Waals surface area (Å²) < 4.78 is 0. The number of benzene rings is 3. The predicted molar refractivity (Wildman–Crippen MR) is 114 cm³/mol. The zero-order valence-electron chi connectivity index (χ0n) is 15.2. The van der Waals surface area contributed by atoms with E-state index in [9.17, 15) is 9.59 Å². The molecule has 0 bridgehead atoms. The number of amides is 2. The van der Waals surface area contributed by atoms with Gasteiger partial charge < -0.3 is 10.6 Å². The summed E-state index contributed by atoms with van der Waals surface area (Å²) in [6, 6.07) is 21.5. The van der Waals surface area contributed by atoms with Crippen molar-refractivity contribution >= 4 is 45.7 Å². The number of nitrogens with one attached hydrogen (secondary N) is 2. The van der Waals surface area contributed by atoms with Crippen molar-refractivity contribution in [2.75, 3.05) is 22.1 Å². The summed E-state index contributed by atoms with van der Waals surface area (Å²) in [5.74, 6) is 0.239. The molecule has 0 aliphatic rings. The number of thioether (sulfide) groups is 1. The van der Waals surface area contributed by atoms with Gasteiger partial charge in [-0.25, -0.2) is 0 Å². The van der Waals surface area contributed by atoms with Gasteiger partial charge in [-0.3, -0.25) is 9.59 Å². The second-order valence-electron chi connectivity index (χ2n) is 6.17. The van der Waals surface area contributed by atoms with Gasteiger partial charge in [0.15, 0.2) is 0 Å². The fraction of sp³-hybridized carbons (Fsp3) is 0.182. The van der Waals surface area contributed by atoms with Crippen LogP contribution in [0, 0.1) is 0 Å². The summed E-state index contributed by atoms with van der Waals surface area (Å²) >= 11 is 1.30. The van der Waals surface area contributed by atoms with E-state index in [1.807, 2.05) is 66.7 Å². The quantitative estimate of drug-likeness (QED) is 0.626. The molecule has 138 valence electrons. The molecule has 2 amide bonds. The number of carbonyl (C=O) groups excluding carboxylic acids is 2. The Kier molecular flexibility index (Phi) is 6.49.